The number of aromatic amines is 1. The summed E-state index contributed by atoms with van der Waals surface area (Å²) in [5.74, 6) is -3.65. The molecule has 2 amide bonds. The third kappa shape index (κ3) is 5.12. The summed E-state index contributed by atoms with van der Waals surface area (Å²) in [7, 11) is 0. The topological polar surface area (TPSA) is 204 Å². The molecule has 2 aromatic rings. The van der Waals surface area contributed by atoms with Crippen molar-refractivity contribution in [1.29, 1.82) is 0 Å². The molecule has 184 valence electrons. The van der Waals surface area contributed by atoms with Gasteiger partial charge in [0, 0.05) is 16.0 Å². The minimum Gasteiger partial charge on any atom is -0.481 e. The molecule has 2 aliphatic heterocycles. The van der Waals surface area contributed by atoms with Gasteiger partial charge in [0.05, 0.1) is 6.42 Å². The molecule has 3 unspecified atom stereocenters. The quantitative estimate of drug-likeness (QED) is 0.214. The van der Waals surface area contributed by atoms with Gasteiger partial charge >= 0.3 is 11.9 Å². The zero-order valence-electron chi connectivity index (χ0n) is 17.6. The minimum absolute atomic E-state index is 0.123. The van der Waals surface area contributed by atoms with Crippen LogP contribution in [0.5, 0.6) is 0 Å². The van der Waals surface area contributed by atoms with Crippen LogP contribution in [-0.4, -0.2) is 81.9 Å². The number of amides is 2. The monoisotopic (exact) mass is 539 g/mol. The van der Waals surface area contributed by atoms with Crippen LogP contribution in [0, 0.1) is 0 Å². The molecule has 4 atom stereocenters. The first-order chi connectivity index (χ1) is 16.7. The van der Waals surface area contributed by atoms with Gasteiger partial charge in [-0.25, -0.2) is 9.89 Å². The molecule has 4 rings (SSSR count). The van der Waals surface area contributed by atoms with Gasteiger partial charge in [0.25, 0.3) is 5.91 Å². The minimum atomic E-state index is -1.38. The summed E-state index contributed by atoms with van der Waals surface area (Å²) >= 11 is 8.03. The zero-order valence-corrected chi connectivity index (χ0v) is 20.0. The molecule has 3 heterocycles. The Balaban J connectivity index is 1.54. The zero-order chi connectivity index (χ0) is 25.3. The molecule has 1 fully saturated rings. The third-order valence-corrected chi connectivity index (χ3v) is 8.02. The lowest BCUT2D eigenvalue weighted by molar-refractivity contribution is -0.150. The number of nitrogens with zero attached hydrogens (tertiary/aromatic N) is 4. The molecule has 1 aromatic carbocycles. The lowest BCUT2D eigenvalue weighted by Crippen LogP contribution is -2.71. The van der Waals surface area contributed by atoms with Gasteiger partial charge in [-0.2, -0.15) is 0 Å². The van der Waals surface area contributed by atoms with Crippen LogP contribution in [-0.2, 0) is 19.2 Å². The molecule has 35 heavy (non-hydrogen) atoms. The number of halogens is 1. The number of hydrogen-bond acceptors (Lipinski definition) is 10. The Morgan fingerprint density at radius 1 is 1.31 bits per heavy atom. The maximum atomic E-state index is 12.9. The van der Waals surface area contributed by atoms with E-state index in [4.69, 9.17) is 17.3 Å². The van der Waals surface area contributed by atoms with Crippen molar-refractivity contribution in [1.82, 2.24) is 30.8 Å². The Kier molecular flexibility index (Phi) is 7.30. The van der Waals surface area contributed by atoms with Crippen LogP contribution in [0.1, 0.15) is 18.0 Å². The summed E-state index contributed by atoms with van der Waals surface area (Å²) in [4.78, 5) is 50.3. The van der Waals surface area contributed by atoms with E-state index in [1.54, 1.807) is 24.3 Å². The number of carboxylic acids is 2. The number of nitrogens with one attached hydrogen (secondary N) is 2. The van der Waals surface area contributed by atoms with E-state index < -0.39 is 52.9 Å². The average molecular weight is 540 g/mol. The molecular weight excluding hydrogens is 522 g/mol. The predicted octanol–water partition coefficient (Wildman–Crippen LogP) is 0.227. The number of benzene rings is 1. The van der Waals surface area contributed by atoms with Crippen molar-refractivity contribution in [3.63, 3.8) is 0 Å². The summed E-state index contributed by atoms with van der Waals surface area (Å²) in [5.41, 5.74) is 6.45. The highest BCUT2D eigenvalue weighted by Gasteiger charge is 2.55. The summed E-state index contributed by atoms with van der Waals surface area (Å²) in [6.07, 6.45) is -0.416. The lowest BCUT2D eigenvalue weighted by Gasteiger charge is -2.50. The van der Waals surface area contributed by atoms with Crippen molar-refractivity contribution in [3.05, 3.63) is 46.1 Å². The number of aliphatic carboxylic acids is 2. The van der Waals surface area contributed by atoms with E-state index in [1.807, 2.05) is 0 Å². The molecule has 0 aliphatic carbocycles. The molecule has 1 aromatic heterocycles. The number of fused-ring (bicyclic) bond motifs is 1. The van der Waals surface area contributed by atoms with Crippen molar-refractivity contribution in [2.24, 2.45) is 5.73 Å². The maximum Gasteiger partial charge on any atom is 0.352 e. The number of thioether (sulfide) groups is 2. The van der Waals surface area contributed by atoms with Crippen molar-refractivity contribution in [2.45, 2.75) is 34.3 Å². The number of aromatic nitrogens is 4. The highest BCUT2D eigenvalue weighted by molar-refractivity contribution is 8.01. The molecule has 0 saturated carbocycles. The Morgan fingerprint density at radius 2 is 2.03 bits per heavy atom. The van der Waals surface area contributed by atoms with E-state index in [1.165, 1.54) is 11.8 Å². The van der Waals surface area contributed by atoms with Crippen LogP contribution < -0.4 is 11.1 Å². The molecule has 2 aliphatic rings. The number of carbonyl (C=O) groups excluding carboxylic acids is 2. The Labute approximate surface area is 210 Å². The average Bonchev–Trinajstić information content (AvgIpc) is 3.33. The van der Waals surface area contributed by atoms with Gasteiger partial charge in [0.2, 0.25) is 11.1 Å². The second-order valence-corrected chi connectivity index (χ2v) is 10.2. The number of H-pyrrole nitrogens is 1. The summed E-state index contributed by atoms with van der Waals surface area (Å²) in [6, 6.07) is 4.33. The fourth-order valence-corrected chi connectivity index (χ4v) is 6.35. The van der Waals surface area contributed by atoms with Gasteiger partial charge in [-0.1, -0.05) is 35.5 Å². The number of nitrogens with two attached hydrogens (primary N) is 1. The number of hydrogen-bond donors (Lipinski definition) is 5. The Hall–Kier alpha value is -3.14. The first kappa shape index (κ1) is 25.0. The van der Waals surface area contributed by atoms with Crippen LogP contribution in [0.15, 0.2) is 40.7 Å². The smallest absolute Gasteiger partial charge is 0.352 e. The van der Waals surface area contributed by atoms with Crippen LogP contribution in [0.2, 0.25) is 5.02 Å². The molecule has 6 N–H and O–H groups in total. The van der Waals surface area contributed by atoms with Crippen LogP contribution >= 0.6 is 35.1 Å². The second kappa shape index (κ2) is 10.2. The Bertz CT molecular complexity index is 1190. The number of rotatable bonds is 9. The molecule has 16 heteroatoms. The van der Waals surface area contributed by atoms with E-state index in [-0.39, 0.29) is 22.2 Å². The molecule has 0 bridgehead atoms. The van der Waals surface area contributed by atoms with Crippen LogP contribution in [0.25, 0.3) is 0 Å². The SMILES string of the molecule is NC(C(=O)NC1C(=O)N2C(C(=O)O)=C(C(CC(=O)O)Sc3nnn[nH]3)CS[C@@H]12)c1ccc(Cl)cc1. The normalized spacial score (nSPS) is 21.1. The largest absolute Gasteiger partial charge is 0.481 e. The highest BCUT2D eigenvalue weighted by atomic mass is 35.5. The van der Waals surface area contributed by atoms with Crippen molar-refractivity contribution < 1.29 is 29.4 Å². The number of carbonyl (C=O) groups is 4. The standard InChI is InChI=1S/C19H18ClN7O6S2/c20-8-3-1-7(2-4-8)12(21)15(30)22-13-16(31)27-14(18(32)33)9(6-34-17(13)27)10(5-11(28)29)35-19-23-25-26-24-19/h1-4,10,12-13,17H,5-6,21H2,(H,22,30)(H,28,29)(H,32,33)(H,23,24,25,26)/t10?,12?,13?,17-/m0/s1. The van der Waals surface area contributed by atoms with E-state index in [0.29, 0.717) is 10.6 Å². The summed E-state index contributed by atoms with van der Waals surface area (Å²) < 4.78 is 0. The number of carboxylic acid groups (broad SMARTS) is 2. The summed E-state index contributed by atoms with van der Waals surface area (Å²) in [6.45, 7) is 0. The molecule has 1 saturated heterocycles. The molecule has 13 nitrogen and oxygen atoms in total. The van der Waals surface area contributed by atoms with Crippen molar-refractivity contribution >= 4 is 58.9 Å². The lowest BCUT2D eigenvalue weighted by atomic mass is 9.99. The van der Waals surface area contributed by atoms with E-state index >= 15 is 0 Å². The van der Waals surface area contributed by atoms with Crippen molar-refractivity contribution in [3.8, 4) is 0 Å². The van der Waals surface area contributed by atoms with Gasteiger partial charge < -0.3 is 21.3 Å². The first-order valence-corrected chi connectivity index (χ1v) is 12.3. The maximum absolute atomic E-state index is 12.9. The van der Waals surface area contributed by atoms with Gasteiger partial charge in [0.1, 0.15) is 23.2 Å². The van der Waals surface area contributed by atoms with E-state index in [9.17, 15) is 29.4 Å². The van der Waals surface area contributed by atoms with Crippen LogP contribution in [0.3, 0.4) is 0 Å². The van der Waals surface area contributed by atoms with Gasteiger partial charge in [0.15, 0.2) is 0 Å². The second-order valence-electron chi connectivity index (χ2n) is 7.52. The number of β-lactam (4-membered cyclic amide) rings is 1. The van der Waals surface area contributed by atoms with Gasteiger partial charge in [-0.3, -0.25) is 19.3 Å². The fourth-order valence-electron chi connectivity index (χ4n) is 3.68. The molecule has 0 spiro atoms. The van der Waals surface area contributed by atoms with Crippen LogP contribution in [0.4, 0.5) is 0 Å². The van der Waals surface area contributed by atoms with Gasteiger partial charge in [-0.05, 0) is 33.7 Å². The van der Waals surface area contributed by atoms with E-state index in [2.05, 4.69) is 25.9 Å². The molecular formula is C19H18ClN7O6S2. The Morgan fingerprint density at radius 3 is 2.63 bits per heavy atom. The first-order valence-electron chi connectivity index (χ1n) is 10.0. The fraction of sp³-hybridized carbons (Fsp3) is 0.316. The predicted molar refractivity (Wildman–Crippen MR) is 124 cm³/mol. The third-order valence-electron chi connectivity index (χ3n) is 5.34. The summed E-state index contributed by atoms with van der Waals surface area (Å²) in [5, 5.41) is 34.1. The van der Waals surface area contributed by atoms with E-state index in [0.717, 1.165) is 16.7 Å². The van der Waals surface area contributed by atoms with Crippen molar-refractivity contribution in [2.75, 3.05) is 5.75 Å². The number of tetrazole rings is 1. The molecule has 0 radical (unpaired) electrons. The van der Waals surface area contributed by atoms with Gasteiger partial charge in [-0.15, -0.1) is 16.9 Å². The highest BCUT2D eigenvalue weighted by Crippen LogP contribution is 2.44.